The summed E-state index contributed by atoms with van der Waals surface area (Å²) in [5, 5.41) is 2.35. The summed E-state index contributed by atoms with van der Waals surface area (Å²) >= 11 is 3.61. The van der Waals surface area contributed by atoms with Crippen LogP contribution in [-0.4, -0.2) is 7.11 Å². The Labute approximate surface area is 153 Å². The molecule has 124 valence electrons. The number of rotatable bonds is 3. The quantitative estimate of drug-likeness (QED) is 0.349. The van der Waals surface area contributed by atoms with Gasteiger partial charge in [-0.3, -0.25) is 0 Å². The summed E-state index contributed by atoms with van der Waals surface area (Å²) in [6, 6.07) is 19.7. The Hall–Kier alpha value is -2.59. The summed E-state index contributed by atoms with van der Waals surface area (Å²) < 4.78 is 11.8. The third kappa shape index (κ3) is 2.72. The van der Waals surface area contributed by atoms with E-state index in [1.54, 1.807) is 19.2 Å². The van der Waals surface area contributed by atoms with Crippen molar-refractivity contribution in [2.24, 2.45) is 0 Å². The van der Waals surface area contributed by atoms with Gasteiger partial charge in [-0.15, -0.1) is 0 Å². The molecule has 3 nitrogen and oxygen atoms in total. The smallest absolute Gasteiger partial charge is 0.344 e. The van der Waals surface area contributed by atoms with E-state index in [1.165, 1.54) is 5.56 Å². The third-order valence-electron chi connectivity index (χ3n) is 4.34. The van der Waals surface area contributed by atoms with Crippen LogP contribution < -0.4 is 10.4 Å². The summed E-state index contributed by atoms with van der Waals surface area (Å²) in [5.74, 6) is 0.548. The van der Waals surface area contributed by atoms with E-state index in [9.17, 15) is 4.79 Å². The zero-order valence-corrected chi connectivity index (χ0v) is 15.2. The minimum atomic E-state index is -0.353. The molecule has 4 aromatic rings. The summed E-state index contributed by atoms with van der Waals surface area (Å²) in [6.07, 6.45) is 0.736. The lowest BCUT2D eigenvalue weighted by Crippen LogP contribution is -2.03. The molecule has 0 aliphatic carbocycles. The van der Waals surface area contributed by atoms with E-state index in [1.807, 2.05) is 30.3 Å². The molecule has 0 radical (unpaired) electrons. The zero-order chi connectivity index (χ0) is 17.4. The van der Waals surface area contributed by atoms with Crippen molar-refractivity contribution < 1.29 is 9.15 Å². The summed E-state index contributed by atoms with van der Waals surface area (Å²) in [5.41, 5.74) is 2.38. The molecule has 0 spiro atoms. The molecule has 0 amide bonds. The average Bonchev–Trinajstić information content (AvgIpc) is 2.63. The van der Waals surface area contributed by atoms with Gasteiger partial charge in [-0.2, -0.15) is 0 Å². The lowest BCUT2D eigenvalue weighted by molar-refractivity contribution is 0.407. The van der Waals surface area contributed by atoms with E-state index < -0.39 is 0 Å². The highest BCUT2D eigenvalue weighted by molar-refractivity contribution is 9.10. The topological polar surface area (TPSA) is 39.4 Å². The van der Waals surface area contributed by atoms with Crippen LogP contribution in [0.15, 0.2) is 74.3 Å². The Kier molecular flexibility index (Phi) is 4.06. The van der Waals surface area contributed by atoms with Gasteiger partial charge in [0.05, 0.1) is 12.5 Å². The second kappa shape index (κ2) is 6.37. The fourth-order valence-corrected chi connectivity index (χ4v) is 3.72. The van der Waals surface area contributed by atoms with Crippen LogP contribution in [0.5, 0.6) is 5.75 Å². The van der Waals surface area contributed by atoms with Crippen LogP contribution in [0, 0.1) is 0 Å². The second-order valence-electron chi connectivity index (χ2n) is 5.85. The maximum atomic E-state index is 12.5. The minimum absolute atomic E-state index is 0.353. The van der Waals surface area contributed by atoms with Crippen molar-refractivity contribution in [3.8, 4) is 5.75 Å². The van der Waals surface area contributed by atoms with Crippen LogP contribution in [0.3, 0.4) is 0 Å². The first-order valence-electron chi connectivity index (χ1n) is 7.94. The number of fused-ring (bicyclic) bond motifs is 3. The molecule has 0 N–H and O–H groups in total. The van der Waals surface area contributed by atoms with Gasteiger partial charge >= 0.3 is 5.63 Å². The van der Waals surface area contributed by atoms with Gasteiger partial charge < -0.3 is 9.15 Å². The molecule has 0 unspecified atom stereocenters. The molecule has 4 heteroatoms. The van der Waals surface area contributed by atoms with Crippen molar-refractivity contribution in [1.82, 2.24) is 0 Å². The SMILES string of the molecule is COc1ccc(Br)c2c1oc(=O)c1cccc(Cc3ccccc3)c12. The first-order valence-corrected chi connectivity index (χ1v) is 8.73. The Morgan fingerprint density at radius 3 is 2.52 bits per heavy atom. The fourth-order valence-electron chi connectivity index (χ4n) is 3.21. The third-order valence-corrected chi connectivity index (χ3v) is 5.00. The second-order valence-corrected chi connectivity index (χ2v) is 6.70. The van der Waals surface area contributed by atoms with E-state index in [4.69, 9.17) is 9.15 Å². The predicted molar refractivity (Wildman–Crippen MR) is 103 cm³/mol. The molecule has 1 aromatic heterocycles. The highest BCUT2D eigenvalue weighted by Crippen LogP contribution is 2.37. The maximum absolute atomic E-state index is 12.5. The number of hydrogen-bond acceptors (Lipinski definition) is 3. The van der Waals surface area contributed by atoms with Gasteiger partial charge in [-0.1, -0.05) is 58.4 Å². The molecule has 4 rings (SSSR count). The molecule has 0 aliphatic heterocycles. The zero-order valence-electron chi connectivity index (χ0n) is 13.6. The average molecular weight is 395 g/mol. The van der Waals surface area contributed by atoms with Crippen molar-refractivity contribution in [1.29, 1.82) is 0 Å². The normalized spacial score (nSPS) is 11.1. The molecule has 0 saturated carbocycles. The fraction of sp³-hybridized carbons (Fsp3) is 0.0952. The molecular formula is C21H15BrO3. The molecule has 25 heavy (non-hydrogen) atoms. The monoisotopic (exact) mass is 394 g/mol. The van der Waals surface area contributed by atoms with Crippen LogP contribution in [0.1, 0.15) is 11.1 Å². The Bertz CT molecular complexity index is 1130. The van der Waals surface area contributed by atoms with Gasteiger partial charge in [0.2, 0.25) is 0 Å². The van der Waals surface area contributed by atoms with E-state index in [0.29, 0.717) is 16.7 Å². The van der Waals surface area contributed by atoms with Gasteiger partial charge in [0, 0.05) is 15.2 Å². The number of methoxy groups -OCH3 is 1. The van der Waals surface area contributed by atoms with E-state index in [2.05, 4.69) is 34.1 Å². The number of hydrogen-bond donors (Lipinski definition) is 0. The maximum Gasteiger partial charge on any atom is 0.344 e. The Morgan fingerprint density at radius 2 is 1.76 bits per heavy atom. The molecule has 3 aromatic carbocycles. The van der Waals surface area contributed by atoms with Gasteiger partial charge in [-0.25, -0.2) is 4.79 Å². The Balaban J connectivity index is 2.11. The highest BCUT2D eigenvalue weighted by Gasteiger charge is 2.16. The number of benzene rings is 3. The van der Waals surface area contributed by atoms with Gasteiger partial charge in [-0.05, 0) is 35.7 Å². The molecule has 0 atom stereocenters. The van der Waals surface area contributed by atoms with Crippen molar-refractivity contribution in [2.45, 2.75) is 6.42 Å². The molecule has 1 heterocycles. The van der Waals surface area contributed by atoms with Crippen molar-refractivity contribution in [2.75, 3.05) is 7.11 Å². The van der Waals surface area contributed by atoms with Crippen LogP contribution in [0.25, 0.3) is 21.7 Å². The number of ether oxygens (including phenoxy) is 1. The molecule has 0 fully saturated rings. The van der Waals surface area contributed by atoms with Crippen LogP contribution in [0.4, 0.5) is 0 Å². The molecule has 0 bridgehead atoms. The molecule has 0 aliphatic rings. The van der Waals surface area contributed by atoms with Gasteiger partial charge in [0.15, 0.2) is 11.3 Å². The predicted octanol–water partition coefficient (Wildman–Crippen LogP) is 5.31. The first kappa shape index (κ1) is 15.9. The van der Waals surface area contributed by atoms with Gasteiger partial charge in [0.25, 0.3) is 0 Å². The van der Waals surface area contributed by atoms with Crippen molar-refractivity contribution >= 4 is 37.7 Å². The van der Waals surface area contributed by atoms with Gasteiger partial charge in [0.1, 0.15) is 0 Å². The molecule has 0 saturated heterocycles. The van der Waals surface area contributed by atoms with E-state index >= 15 is 0 Å². The highest BCUT2D eigenvalue weighted by atomic mass is 79.9. The van der Waals surface area contributed by atoms with Crippen molar-refractivity contribution in [3.05, 3.63) is 86.7 Å². The van der Waals surface area contributed by atoms with Crippen LogP contribution in [0.2, 0.25) is 0 Å². The lowest BCUT2D eigenvalue weighted by Gasteiger charge is -2.12. The Morgan fingerprint density at radius 1 is 0.960 bits per heavy atom. The lowest BCUT2D eigenvalue weighted by atomic mass is 9.96. The van der Waals surface area contributed by atoms with Crippen molar-refractivity contribution in [3.63, 3.8) is 0 Å². The summed E-state index contributed by atoms with van der Waals surface area (Å²) in [7, 11) is 1.57. The minimum Gasteiger partial charge on any atom is -0.493 e. The standard InChI is InChI=1S/C21H15BrO3/c1-24-17-11-10-16(22)19-18-14(12-13-6-3-2-4-7-13)8-5-9-15(18)21(23)25-20(17)19/h2-11H,12H2,1H3. The van der Waals surface area contributed by atoms with E-state index in [0.717, 1.165) is 27.2 Å². The molecular weight excluding hydrogens is 380 g/mol. The largest absolute Gasteiger partial charge is 0.493 e. The summed E-state index contributed by atoms with van der Waals surface area (Å²) in [6.45, 7) is 0. The summed E-state index contributed by atoms with van der Waals surface area (Å²) in [4.78, 5) is 12.5. The number of halogens is 1. The first-order chi connectivity index (χ1) is 12.2. The van der Waals surface area contributed by atoms with Crippen LogP contribution in [-0.2, 0) is 6.42 Å². The van der Waals surface area contributed by atoms with Crippen LogP contribution >= 0.6 is 15.9 Å². The van der Waals surface area contributed by atoms with E-state index in [-0.39, 0.29) is 5.63 Å².